The summed E-state index contributed by atoms with van der Waals surface area (Å²) in [7, 11) is 0. The molecule has 1 aliphatic heterocycles. The van der Waals surface area contributed by atoms with Gasteiger partial charge in [0.25, 0.3) is 5.91 Å². The molecule has 0 radical (unpaired) electrons. The minimum absolute atomic E-state index is 0.00367. The fourth-order valence-corrected chi connectivity index (χ4v) is 3.99. The molecule has 0 saturated heterocycles. The van der Waals surface area contributed by atoms with Crippen LogP contribution in [-0.4, -0.2) is 24.9 Å². The van der Waals surface area contributed by atoms with Crippen LogP contribution in [-0.2, 0) is 4.79 Å². The van der Waals surface area contributed by atoms with Crippen molar-refractivity contribution in [3.8, 4) is 0 Å². The summed E-state index contributed by atoms with van der Waals surface area (Å²) >= 11 is 0. The van der Waals surface area contributed by atoms with Crippen molar-refractivity contribution in [2.45, 2.75) is 25.7 Å². The molecule has 1 saturated carbocycles. The van der Waals surface area contributed by atoms with Crippen LogP contribution in [0, 0.1) is 12.8 Å². The summed E-state index contributed by atoms with van der Waals surface area (Å²) < 4.78 is 0. The second kappa shape index (κ2) is 6.36. The molecule has 2 amide bonds. The van der Waals surface area contributed by atoms with Gasteiger partial charge in [-0.05, 0) is 42.9 Å². The Labute approximate surface area is 147 Å². The van der Waals surface area contributed by atoms with Crippen LogP contribution in [0.3, 0.4) is 0 Å². The van der Waals surface area contributed by atoms with Crippen molar-refractivity contribution in [1.82, 2.24) is 5.32 Å². The number of nitrogens with zero attached hydrogens (tertiary/aromatic N) is 1. The lowest BCUT2D eigenvalue weighted by Crippen LogP contribution is -2.44. The van der Waals surface area contributed by atoms with Crippen LogP contribution in [0.4, 0.5) is 5.69 Å². The lowest BCUT2D eigenvalue weighted by molar-refractivity contribution is -0.125. The van der Waals surface area contributed by atoms with Crippen LogP contribution in [0.25, 0.3) is 0 Å². The zero-order valence-electron chi connectivity index (χ0n) is 14.4. The molecular weight excluding hydrogens is 312 g/mol. The minimum atomic E-state index is -0.0865. The molecule has 128 valence electrons. The topological polar surface area (TPSA) is 49.4 Å². The molecule has 1 N–H and O–H groups in total. The van der Waals surface area contributed by atoms with Crippen molar-refractivity contribution in [3.05, 3.63) is 65.2 Å². The molecule has 2 unspecified atom stereocenters. The number of nitrogens with one attached hydrogen (secondary N) is 1. The Morgan fingerprint density at radius 1 is 1.08 bits per heavy atom. The van der Waals surface area contributed by atoms with Crippen LogP contribution in [0.5, 0.6) is 0 Å². The average molecular weight is 334 g/mol. The Bertz CT molecular complexity index is 816. The molecular formula is C21H22N2O2. The van der Waals surface area contributed by atoms with Gasteiger partial charge in [-0.3, -0.25) is 9.59 Å². The van der Waals surface area contributed by atoms with Gasteiger partial charge in [0.15, 0.2) is 0 Å². The average Bonchev–Trinajstić information content (AvgIpc) is 2.75. The van der Waals surface area contributed by atoms with Gasteiger partial charge in [-0.1, -0.05) is 42.5 Å². The van der Waals surface area contributed by atoms with Crippen molar-refractivity contribution in [1.29, 1.82) is 0 Å². The standard InChI is InChI=1S/C21H22N2O2/c1-14-6-5-9-18-19(14)20(24)22-12-13-23(18)21(25)17-11-10-16(17)15-7-3-2-4-8-15/h2-9,16-17H,10-13H2,1H3,(H,22,24). The molecule has 2 aliphatic rings. The van der Waals surface area contributed by atoms with Crippen molar-refractivity contribution in [2.75, 3.05) is 18.0 Å². The number of carbonyl (C=O) groups excluding carboxylic acids is 2. The first-order valence-corrected chi connectivity index (χ1v) is 8.91. The van der Waals surface area contributed by atoms with Gasteiger partial charge < -0.3 is 10.2 Å². The number of anilines is 1. The van der Waals surface area contributed by atoms with Gasteiger partial charge in [0.2, 0.25) is 5.91 Å². The number of hydrogen-bond donors (Lipinski definition) is 1. The van der Waals surface area contributed by atoms with E-state index in [4.69, 9.17) is 0 Å². The largest absolute Gasteiger partial charge is 0.350 e. The number of carbonyl (C=O) groups is 2. The molecule has 0 aromatic heterocycles. The molecule has 1 heterocycles. The van der Waals surface area contributed by atoms with Gasteiger partial charge in [0.1, 0.15) is 0 Å². The summed E-state index contributed by atoms with van der Waals surface area (Å²) in [6.07, 6.45) is 1.96. The van der Waals surface area contributed by atoms with Crippen molar-refractivity contribution in [2.24, 2.45) is 5.92 Å². The Balaban J connectivity index is 1.66. The van der Waals surface area contributed by atoms with Crippen LogP contribution in [0.2, 0.25) is 0 Å². The van der Waals surface area contributed by atoms with E-state index < -0.39 is 0 Å². The quantitative estimate of drug-likeness (QED) is 0.916. The molecule has 1 aliphatic carbocycles. The Hall–Kier alpha value is -2.62. The normalized spacial score (nSPS) is 22.4. The monoisotopic (exact) mass is 334 g/mol. The molecule has 4 nitrogen and oxygen atoms in total. The maximum absolute atomic E-state index is 13.3. The number of benzene rings is 2. The summed E-state index contributed by atoms with van der Waals surface area (Å²) in [5, 5.41) is 2.91. The Morgan fingerprint density at radius 2 is 1.88 bits per heavy atom. The van der Waals surface area contributed by atoms with Gasteiger partial charge in [0.05, 0.1) is 11.3 Å². The molecule has 4 heteroatoms. The van der Waals surface area contributed by atoms with Gasteiger partial charge in [-0.2, -0.15) is 0 Å². The number of aryl methyl sites for hydroxylation is 1. The second-order valence-electron chi connectivity index (χ2n) is 6.92. The molecule has 2 aromatic rings. The zero-order chi connectivity index (χ0) is 17.4. The van der Waals surface area contributed by atoms with Gasteiger partial charge in [-0.25, -0.2) is 0 Å². The summed E-state index contributed by atoms with van der Waals surface area (Å²) in [6, 6.07) is 16.0. The number of rotatable bonds is 2. The van der Waals surface area contributed by atoms with Crippen molar-refractivity contribution >= 4 is 17.5 Å². The van der Waals surface area contributed by atoms with E-state index in [0.717, 1.165) is 24.1 Å². The smallest absolute Gasteiger partial charge is 0.253 e. The number of amides is 2. The van der Waals surface area contributed by atoms with E-state index in [0.29, 0.717) is 18.7 Å². The molecule has 2 atom stereocenters. The minimum Gasteiger partial charge on any atom is -0.350 e. The number of hydrogen-bond acceptors (Lipinski definition) is 2. The molecule has 2 aromatic carbocycles. The zero-order valence-corrected chi connectivity index (χ0v) is 14.4. The first-order chi connectivity index (χ1) is 12.2. The summed E-state index contributed by atoms with van der Waals surface area (Å²) in [4.78, 5) is 27.5. The van der Waals surface area contributed by atoms with Crippen molar-refractivity contribution < 1.29 is 9.59 Å². The highest BCUT2D eigenvalue weighted by molar-refractivity contribution is 6.07. The molecule has 1 fully saturated rings. The number of fused-ring (bicyclic) bond motifs is 1. The Morgan fingerprint density at radius 3 is 2.60 bits per heavy atom. The summed E-state index contributed by atoms with van der Waals surface area (Å²) in [6.45, 7) is 2.93. The van der Waals surface area contributed by atoms with Crippen LogP contribution in [0.15, 0.2) is 48.5 Å². The lowest BCUT2D eigenvalue weighted by Gasteiger charge is -2.39. The fraction of sp³-hybridized carbons (Fsp3) is 0.333. The summed E-state index contributed by atoms with van der Waals surface area (Å²) in [5.74, 6) is 0.345. The van der Waals surface area contributed by atoms with Crippen molar-refractivity contribution in [3.63, 3.8) is 0 Å². The molecule has 4 rings (SSSR count). The van der Waals surface area contributed by atoms with Gasteiger partial charge in [0, 0.05) is 19.0 Å². The van der Waals surface area contributed by atoms with Crippen LogP contribution in [0.1, 0.15) is 40.2 Å². The van der Waals surface area contributed by atoms with E-state index in [2.05, 4.69) is 17.4 Å². The fourth-order valence-electron chi connectivity index (χ4n) is 3.99. The highest BCUT2D eigenvalue weighted by atomic mass is 16.2. The highest BCUT2D eigenvalue weighted by Gasteiger charge is 2.41. The van der Waals surface area contributed by atoms with E-state index >= 15 is 0 Å². The van der Waals surface area contributed by atoms with Crippen LogP contribution >= 0.6 is 0 Å². The highest BCUT2D eigenvalue weighted by Crippen LogP contribution is 2.44. The van der Waals surface area contributed by atoms with E-state index in [-0.39, 0.29) is 23.7 Å². The third-order valence-electron chi connectivity index (χ3n) is 5.47. The maximum atomic E-state index is 13.3. The third-order valence-corrected chi connectivity index (χ3v) is 5.47. The molecule has 0 bridgehead atoms. The predicted molar refractivity (Wildman–Crippen MR) is 97.8 cm³/mol. The van der Waals surface area contributed by atoms with E-state index in [1.165, 1.54) is 5.56 Å². The van der Waals surface area contributed by atoms with Crippen LogP contribution < -0.4 is 10.2 Å². The molecule has 25 heavy (non-hydrogen) atoms. The second-order valence-corrected chi connectivity index (χ2v) is 6.92. The van der Waals surface area contributed by atoms with E-state index in [1.54, 1.807) is 0 Å². The first-order valence-electron chi connectivity index (χ1n) is 8.91. The van der Waals surface area contributed by atoms with Gasteiger partial charge >= 0.3 is 0 Å². The molecule has 0 spiro atoms. The SMILES string of the molecule is Cc1cccc2c1C(=O)NCCN2C(=O)C1CCC1c1ccccc1. The maximum Gasteiger partial charge on any atom is 0.253 e. The third kappa shape index (κ3) is 2.72. The van der Waals surface area contributed by atoms with E-state index in [9.17, 15) is 9.59 Å². The van der Waals surface area contributed by atoms with Gasteiger partial charge in [-0.15, -0.1) is 0 Å². The Kier molecular flexibility index (Phi) is 4.04. The first kappa shape index (κ1) is 15.9. The van der Waals surface area contributed by atoms with E-state index in [1.807, 2.05) is 48.2 Å². The lowest BCUT2D eigenvalue weighted by atomic mass is 9.69. The summed E-state index contributed by atoms with van der Waals surface area (Å²) in [5.41, 5.74) is 3.52. The predicted octanol–water partition coefficient (Wildman–Crippen LogP) is 3.27.